The van der Waals surface area contributed by atoms with Crippen molar-refractivity contribution < 1.29 is 37.8 Å². The quantitative estimate of drug-likeness (QED) is 0.0668. The molecule has 0 bridgehead atoms. The van der Waals surface area contributed by atoms with Crippen molar-refractivity contribution in [2.24, 2.45) is 0 Å². The van der Waals surface area contributed by atoms with E-state index in [0.29, 0.717) is 15.8 Å². The first-order valence-electron chi connectivity index (χ1n) is 20.8. The van der Waals surface area contributed by atoms with Gasteiger partial charge in [0.1, 0.15) is 9.24 Å². The van der Waals surface area contributed by atoms with Crippen molar-refractivity contribution in [1.29, 1.82) is 0 Å². The van der Waals surface area contributed by atoms with Gasteiger partial charge in [-0.1, -0.05) is 46.6 Å². The third-order valence-corrected chi connectivity index (χ3v) is 15.3. The van der Waals surface area contributed by atoms with Gasteiger partial charge in [-0.3, -0.25) is 10.6 Å². The highest BCUT2D eigenvalue weighted by Gasteiger charge is 2.24. The molecule has 0 unspecified atom stereocenters. The number of amides is 4. The molecule has 18 nitrogen and oxygen atoms in total. The molecule has 2 aliphatic rings. The Labute approximate surface area is 392 Å². The van der Waals surface area contributed by atoms with E-state index in [2.05, 4.69) is 64.0 Å². The van der Waals surface area contributed by atoms with Crippen molar-refractivity contribution >= 4 is 101 Å². The second-order valence-electron chi connectivity index (χ2n) is 15.2. The number of nitrogens with one attached hydrogen (secondary N) is 4. The van der Waals surface area contributed by atoms with E-state index in [1.165, 1.54) is 48.2 Å². The number of urea groups is 2. The number of hydrogen-bond acceptors (Lipinski definition) is 15. The van der Waals surface area contributed by atoms with Gasteiger partial charge < -0.3 is 30.6 Å². The smallest absolute Gasteiger partial charge is 0.337 e. The number of benzene rings is 2. The summed E-state index contributed by atoms with van der Waals surface area (Å²) in [5.41, 5.74) is 5.70. The molecule has 4 amide bonds. The van der Waals surface area contributed by atoms with Crippen LogP contribution in [0, 0.1) is 13.8 Å². The fourth-order valence-corrected chi connectivity index (χ4v) is 11.1. The number of rotatable bonds is 12. The average Bonchev–Trinajstić information content (AvgIpc) is 3.98. The van der Waals surface area contributed by atoms with Gasteiger partial charge in [0.15, 0.2) is 15.3 Å². The summed E-state index contributed by atoms with van der Waals surface area (Å²) in [6.07, 6.45) is 12.0. The van der Waals surface area contributed by atoms with Crippen LogP contribution in [0.25, 0.3) is 0 Å². The lowest BCUT2D eigenvalue weighted by Crippen LogP contribution is -2.31. The summed E-state index contributed by atoms with van der Waals surface area (Å²) in [5.74, 6) is -2.22. The van der Waals surface area contributed by atoms with E-state index in [9.17, 15) is 27.6 Å². The van der Waals surface area contributed by atoms with Crippen molar-refractivity contribution in [2.75, 3.05) is 57.2 Å². The standard InChI is InChI=1S/C22H23N5O5S2.C22H23N5O3S2/c1-14-5-7-16(17(11-14)27-9-3-2-4-10-27)25-21(30)26-22-24-13-19(33-22)34(31,32)18-8-6-15(12-23-18)20(28)29;1-14-5-7-16(17(11-14)27-9-3-2-4-10-27)25-21(30)26-22-24-13-19(32-22)31-18-8-6-15(12-23-18)20(28)29/h5-8,11-13H,2-4,9-10H2,1H3,(H,28,29)(H2,24,25,26,30);5-8,11-13H,2-4,9-10H2,1H3,(H,28,29)(H2,24,25,26,30). The summed E-state index contributed by atoms with van der Waals surface area (Å²) >= 11 is 3.46. The molecule has 0 atom stereocenters. The molecule has 6 N–H and O–H groups in total. The molecule has 6 heterocycles. The Kier molecular flexibility index (Phi) is 15.5. The van der Waals surface area contributed by atoms with Gasteiger partial charge in [-0.05, 0) is 112 Å². The number of pyridine rings is 2. The minimum absolute atomic E-state index is 0.102. The molecule has 2 aromatic carbocycles. The van der Waals surface area contributed by atoms with Gasteiger partial charge in [0, 0.05) is 38.6 Å². The molecule has 0 radical (unpaired) electrons. The molecule has 0 saturated carbocycles. The molecule has 2 aliphatic heterocycles. The predicted molar refractivity (Wildman–Crippen MR) is 256 cm³/mol. The Balaban J connectivity index is 0.000000197. The van der Waals surface area contributed by atoms with Crippen LogP contribution in [0.15, 0.2) is 104 Å². The van der Waals surface area contributed by atoms with E-state index in [4.69, 9.17) is 10.2 Å². The number of piperidine rings is 2. The van der Waals surface area contributed by atoms with Crippen molar-refractivity contribution in [3.63, 3.8) is 0 Å². The molecule has 4 aromatic heterocycles. The van der Waals surface area contributed by atoms with E-state index < -0.39 is 27.8 Å². The zero-order chi connectivity index (χ0) is 46.8. The first-order chi connectivity index (χ1) is 31.7. The second-order valence-corrected chi connectivity index (χ2v) is 20.8. The van der Waals surface area contributed by atoms with Crippen molar-refractivity contribution in [3.8, 4) is 0 Å². The lowest BCUT2D eigenvalue weighted by Gasteiger charge is -2.30. The number of aromatic nitrogens is 4. The van der Waals surface area contributed by atoms with E-state index in [-0.39, 0.29) is 31.5 Å². The molecule has 22 heteroatoms. The van der Waals surface area contributed by atoms with Crippen LogP contribution in [0.1, 0.15) is 70.4 Å². The van der Waals surface area contributed by atoms with Crippen LogP contribution in [0.5, 0.6) is 0 Å². The molecule has 8 rings (SSSR count). The Bertz CT molecular complexity index is 2810. The Morgan fingerprint density at radius 1 is 0.591 bits per heavy atom. The maximum atomic E-state index is 12.8. The summed E-state index contributed by atoms with van der Waals surface area (Å²) in [7, 11) is -4.01. The monoisotopic (exact) mass is 970 g/mol. The number of thiazole rings is 2. The van der Waals surface area contributed by atoms with Crippen molar-refractivity contribution in [2.45, 2.75) is 70.8 Å². The van der Waals surface area contributed by atoms with Crippen molar-refractivity contribution in [1.82, 2.24) is 19.9 Å². The lowest BCUT2D eigenvalue weighted by atomic mass is 10.1. The minimum Gasteiger partial charge on any atom is -0.478 e. The highest BCUT2D eigenvalue weighted by Crippen LogP contribution is 2.35. The van der Waals surface area contributed by atoms with Crippen LogP contribution in [0.4, 0.5) is 42.6 Å². The summed E-state index contributed by atoms with van der Waals surface area (Å²) in [5, 5.41) is 30.0. The number of hydrogen-bond donors (Lipinski definition) is 6. The Morgan fingerprint density at radius 2 is 1.09 bits per heavy atom. The summed E-state index contributed by atoms with van der Waals surface area (Å²) in [6, 6.07) is 16.4. The molecule has 0 spiro atoms. The number of aromatic carboxylic acids is 2. The zero-order valence-corrected chi connectivity index (χ0v) is 39.1. The minimum atomic E-state index is -4.01. The van der Waals surface area contributed by atoms with Crippen LogP contribution in [0.3, 0.4) is 0 Å². The van der Waals surface area contributed by atoms with Gasteiger partial charge in [0.25, 0.3) is 0 Å². The topological polar surface area (TPSA) is 249 Å². The molecule has 2 saturated heterocycles. The summed E-state index contributed by atoms with van der Waals surface area (Å²) in [4.78, 5) is 67.9. The Hall–Kier alpha value is -6.62. The highest BCUT2D eigenvalue weighted by atomic mass is 32.2. The Morgan fingerprint density at radius 3 is 1.58 bits per heavy atom. The fraction of sp³-hybridized carbons (Fsp3) is 0.273. The first-order valence-corrected chi connectivity index (χ1v) is 24.8. The number of sulfone groups is 1. The maximum absolute atomic E-state index is 12.8. The van der Waals surface area contributed by atoms with Crippen LogP contribution >= 0.6 is 34.4 Å². The molecular formula is C44H46N10O8S4. The van der Waals surface area contributed by atoms with Gasteiger partial charge in [-0.15, -0.1) is 0 Å². The van der Waals surface area contributed by atoms with Gasteiger partial charge in [0.05, 0.1) is 50.5 Å². The molecular weight excluding hydrogens is 925 g/mol. The third-order valence-electron chi connectivity index (χ3n) is 10.3. The normalized spacial score (nSPS) is 13.8. The van der Waals surface area contributed by atoms with Crippen LogP contribution in [-0.2, 0) is 9.84 Å². The van der Waals surface area contributed by atoms with Crippen LogP contribution < -0.4 is 31.1 Å². The van der Waals surface area contributed by atoms with E-state index in [0.717, 1.165) is 120 Å². The zero-order valence-electron chi connectivity index (χ0n) is 35.8. The van der Waals surface area contributed by atoms with Gasteiger partial charge >= 0.3 is 24.0 Å². The number of nitrogens with zero attached hydrogens (tertiary/aromatic N) is 6. The molecule has 2 fully saturated rings. The lowest BCUT2D eigenvalue weighted by molar-refractivity contribution is 0.0685. The van der Waals surface area contributed by atoms with E-state index >= 15 is 0 Å². The maximum Gasteiger partial charge on any atom is 0.337 e. The van der Waals surface area contributed by atoms with Crippen LogP contribution in [-0.4, -0.2) is 88.7 Å². The SMILES string of the molecule is Cc1ccc(NC(=O)Nc2ncc(S(=O)(=O)c3ccc(C(=O)O)cn3)s2)c(N2CCCCC2)c1.Cc1ccc(NC(=O)Nc2ncc(Sc3ccc(C(=O)O)cn3)s2)c(N2CCCCC2)c1. The predicted octanol–water partition coefficient (Wildman–Crippen LogP) is 9.34. The number of aryl methyl sites for hydroxylation is 2. The second kappa shape index (κ2) is 21.6. The van der Waals surface area contributed by atoms with Gasteiger partial charge in [-0.25, -0.2) is 47.5 Å². The molecule has 344 valence electrons. The van der Waals surface area contributed by atoms with Crippen LogP contribution in [0.2, 0.25) is 0 Å². The summed E-state index contributed by atoms with van der Waals surface area (Å²) < 4.78 is 26.3. The summed E-state index contributed by atoms with van der Waals surface area (Å²) in [6.45, 7) is 7.89. The highest BCUT2D eigenvalue weighted by molar-refractivity contribution is 8.01. The number of carboxylic acids is 2. The number of carbonyl (C=O) groups excluding carboxylic acids is 2. The van der Waals surface area contributed by atoms with Gasteiger partial charge in [0.2, 0.25) is 9.84 Å². The molecule has 0 aliphatic carbocycles. The van der Waals surface area contributed by atoms with Crippen molar-refractivity contribution in [3.05, 3.63) is 108 Å². The molecule has 66 heavy (non-hydrogen) atoms. The number of carbonyl (C=O) groups is 4. The molecule has 6 aromatic rings. The van der Waals surface area contributed by atoms with E-state index in [1.54, 1.807) is 12.3 Å². The van der Waals surface area contributed by atoms with E-state index in [1.807, 2.05) is 37.3 Å². The number of carboxylic acid groups (broad SMARTS) is 2. The fourth-order valence-electron chi connectivity index (χ4n) is 7.03. The largest absolute Gasteiger partial charge is 0.478 e. The third kappa shape index (κ3) is 12.4. The first kappa shape index (κ1) is 47.3. The average molecular weight is 971 g/mol. The number of anilines is 6. The van der Waals surface area contributed by atoms with Gasteiger partial charge in [-0.2, -0.15) is 0 Å².